The number of piperidine rings is 1. The number of carbonyl (C=O) groups excluding carboxylic acids is 1. The molecule has 4 heteroatoms. The molecule has 2 N–H and O–H groups in total. The third kappa shape index (κ3) is 3.19. The molecular formula is C13H25N3O. The molecule has 4 nitrogen and oxygen atoms in total. The Bertz CT molecular complexity index is 253. The highest BCUT2D eigenvalue weighted by Crippen LogP contribution is 2.20. The summed E-state index contributed by atoms with van der Waals surface area (Å²) in [6.07, 6.45) is 3.61. The monoisotopic (exact) mass is 239 g/mol. The molecule has 0 aromatic heterocycles. The number of likely N-dealkylation sites (tertiary alicyclic amines) is 1. The molecule has 0 saturated carbocycles. The van der Waals surface area contributed by atoms with Crippen LogP contribution in [0.4, 0.5) is 0 Å². The maximum absolute atomic E-state index is 12.3. The normalized spacial score (nSPS) is 31.5. The Labute approximate surface area is 104 Å². The second-order valence-electron chi connectivity index (χ2n) is 5.45. The first-order valence-electron chi connectivity index (χ1n) is 6.96. The summed E-state index contributed by atoms with van der Waals surface area (Å²) in [5.74, 6) is 1.12. The van der Waals surface area contributed by atoms with Crippen molar-refractivity contribution in [3.8, 4) is 0 Å². The van der Waals surface area contributed by atoms with Gasteiger partial charge in [-0.05, 0) is 25.7 Å². The Morgan fingerprint density at radius 1 is 1.24 bits per heavy atom. The van der Waals surface area contributed by atoms with Crippen molar-refractivity contribution in [1.29, 1.82) is 0 Å². The van der Waals surface area contributed by atoms with Gasteiger partial charge >= 0.3 is 0 Å². The van der Waals surface area contributed by atoms with Crippen LogP contribution < -0.4 is 10.6 Å². The maximum atomic E-state index is 12.3. The zero-order valence-corrected chi connectivity index (χ0v) is 11.0. The molecule has 0 aromatic rings. The first kappa shape index (κ1) is 12.8. The number of piperazine rings is 1. The first-order valence-corrected chi connectivity index (χ1v) is 6.96. The van der Waals surface area contributed by atoms with Gasteiger partial charge in [-0.25, -0.2) is 0 Å². The SMILES string of the molecule is CCC1CCN(C(=O)C2CNC(C)CN2)CC1. The summed E-state index contributed by atoms with van der Waals surface area (Å²) in [6.45, 7) is 7.95. The van der Waals surface area contributed by atoms with Crippen LogP contribution in [0.25, 0.3) is 0 Å². The molecule has 2 saturated heterocycles. The molecule has 2 aliphatic rings. The lowest BCUT2D eigenvalue weighted by Crippen LogP contribution is -2.60. The van der Waals surface area contributed by atoms with Crippen LogP contribution in [-0.2, 0) is 4.79 Å². The van der Waals surface area contributed by atoms with E-state index in [1.54, 1.807) is 0 Å². The molecule has 2 unspecified atom stereocenters. The molecule has 0 aliphatic carbocycles. The van der Waals surface area contributed by atoms with E-state index < -0.39 is 0 Å². The lowest BCUT2D eigenvalue weighted by atomic mass is 9.94. The smallest absolute Gasteiger partial charge is 0.241 e. The molecule has 2 heterocycles. The van der Waals surface area contributed by atoms with Crippen LogP contribution in [0.5, 0.6) is 0 Å². The van der Waals surface area contributed by atoms with Gasteiger partial charge in [-0.1, -0.05) is 13.3 Å². The number of nitrogens with zero attached hydrogens (tertiary/aromatic N) is 1. The fourth-order valence-electron chi connectivity index (χ4n) is 2.74. The third-order valence-electron chi connectivity index (χ3n) is 4.14. The van der Waals surface area contributed by atoms with Crippen LogP contribution in [0, 0.1) is 5.92 Å². The number of amides is 1. The minimum Gasteiger partial charge on any atom is -0.341 e. The van der Waals surface area contributed by atoms with Crippen molar-refractivity contribution in [2.24, 2.45) is 5.92 Å². The van der Waals surface area contributed by atoms with E-state index in [4.69, 9.17) is 0 Å². The maximum Gasteiger partial charge on any atom is 0.241 e. The highest BCUT2D eigenvalue weighted by Gasteiger charge is 2.29. The van der Waals surface area contributed by atoms with Gasteiger partial charge in [0, 0.05) is 32.2 Å². The van der Waals surface area contributed by atoms with Crippen molar-refractivity contribution < 1.29 is 4.79 Å². The van der Waals surface area contributed by atoms with Crippen molar-refractivity contribution in [3.05, 3.63) is 0 Å². The highest BCUT2D eigenvalue weighted by atomic mass is 16.2. The molecule has 0 bridgehead atoms. The fourth-order valence-corrected chi connectivity index (χ4v) is 2.74. The summed E-state index contributed by atoms with van der Waals surface area (Å²) >= 11 is 0. The molecule has 98 valence electrons. The van der Waals surface area contributed by atoms with Crippen molar-refractivity contribution in [3.63, 3.8) is 0 Å². The summed E-state index contributed by atoms with van der Waals surface area (Å²) in [4.78, 5) is 14.3. The van der Waals surface area contributed by atoms with Crippen molar-refractivity contribution >= 4 is 5.91 Å². The lowest BCUT2D eigenvalue weighted by Gasteiger charge is -2.36. The summed E-state index contributed by atoms with van der Waals surface area (Å²) < 4.78 is 0. The summed E-state index contributed by atoms with van der Waals surface area (Å²) in [6, 6.07) is 0.467. The fraction of sp³-hybridized carbons (Fsp3) is 0.923. The van der Waals surface area contributed by atoms with Crippen molar-refractivity contribution in [1.82, 2.24) is 15.5 Å². The predicted molar refractivity (Wildman–Crippen MR) is 68.9 cm³/mol. The number of rotatable bonds is 2. The Hall–Kier alpha value is -0.610. The molecule has 2 aliphatic heterocycles. The Morgan fingerprint density at radius 2 is 1.94 bits per heavy atom. The number of hydrogen-bond acceptors (Lipinski definition) is 3. The number of carbonyl (C=O) groups is 1. The van der Waals surface area contributed by atoms with Crippen molar-refractivity contribution in [2.45, 2.75) is 45.2 Å². The zero-order valence-electron chi connectivity index (χ0n) is 11.0. The highest BCUT2D eigenvalue weighted by molar-refractivity contribution is 5.82. The van der Waals surface area contributed by atoms with E-state index in [0.29, 0.717) is 11.9 Å². The van der Waals surface area contributed by atoms with Crippen molar-refractivity contribution in [2.75, 3.05) is 26.2 Å². The summed E-state index contributed by atoms with van der Waals surface area (Å²) in [5.41, 5.74) is 0. The van der Waals surface area contributed by atoms with Gasteiger partial charge in [0.15, 0.2) is 0 Å². The molecule has 0 radical (unpaired) electrons. The average Bonchev–Trinajstić information content (AvgIpc) is 2.39. The van der Waals surface area contributed by atoms with E-state index in [9.17, 15) is 4.79 Å². The predicted octanol–water partition coefficient (Wildman–Crippen LogP) is 0.585. The van der Waals surface area contributed by atoms with Gasteiger partial charge in [0.05, 0.1) is 6.04 Å². The van der Waals surface area contributed by atoms with Crippen LogP contribution in [0.2, 0.25) is 0 Å². The van der Waals surface area contributed by atoms with Crippen LogP contribution >= 0.6 is 0 Å². The second-order valence-corrected chi connectivity index (χ2v) is 5.45. The topological polar surface area (TPSA) is 44.4 Å². The third-order valence-corrected chi connectivity index (χ3v) is 4.14. The molecule has 17 heavy (non-hydrogen) atoms. The minimum absolute atomic E-state index is 0.00984. The van der Waals surface area contributed by atoms with Crippen LogP contribution in [-0.4, -0.2) is 49.1 Å². The van der Waals surface area contributed by atoms with Gasteiger partial charge in [0.1, 0.15) is 0 Å². The van der Waals surface area contributed by atoms with Gasteiger partial charge in [-0.15, -0.1) is 0 Å². The molecular weight excluding hydrogens is 214 g/mol. The van der Waals surface area contributed by atoms with E-state index in [0.717, 1.165) is 32.1 Å². The largest absolute Gasteiger partial charge is 0.341 e. The summed E-state index contributed by atoms with van der Waals surface area (Å²) in [5, 5.41) is 6.70. The Kier molecular flexibility index (Phi) is 4.40. The quantitative estimate of drug-likeness (QED) is 0.741. The van der Waals surface area contributed by atoms with Crippen LogP contribution in [0.1, 0.15) is 33.1 Å². The minimum atomic E-state index is -0.00984. The molecule has 1 amide bonds. The molecule has 2 fully saturated rings. The molecule has 0 aromatic carbocycles. The van der Waals surface area contributed by atoms with Gasteiger partial charge in [0.2, 0.25) is 5.91 Å². The van der Waals surface area contributed by atoms with E-state index >= 15 is 0 Å². The van der Waals surface area contributed by atoms with Gasteiger partial charge in [-0.2, -0.15) is 0 Å². The van der Waals surface area contributed by atoms with E-state index in [1.165, 1.54) is 19.3 Å². The summed E-state index contributed by atoms with van der Waals surface area (Å²) in [7, 11) is 0. The van der Waals surface area contributed by atoms with Gasteiger partial charge in [0.25, 0.3) is 0 Å². The number of hydrogen-bond donors (Lipinski definition) is 2. The van der Waals surface area contributed by atoms with E-state index in [2.05, 4.69) is 24.5 Å². The molecule has 2 atom stereocenters. The molecule has 0 spiro atoms. The molecule has 2 rings (SSSR count). The Morgan fingerprint density at radius 3 is 2.47 bits per heavy atom. The van der Waals surface area contributed by atoms with Crippen LogP contribution in [0.15, 0.2) is 0 Å². The van der Waals surface area contributed by atoms with Gasteiger partial charge in [-0.3, -0.25) is 4.79 Å². The first-order chi connectivity index (χ1) is 8.20. The van der Waals surface area contributed by atoms with E-state index in [1.807, 2.05) is 4.90 Å². The lowest BCUT2D eigenvalue weighted by molar-refractivity contribution is -0.135. The second kappa shape index (κ2) is 5.83. The average molecular weight is 239 g/mol. The Balaban J connectivity index is 1.80. The zero-order chi connectivity index (χ0) is 12.3. The van der Waals surface area contributed by atoms with Crippen LogP contribution in [0.3, 0.4) is 0 Å². The number of nitrogens with one attached hydrogen (secondary N) is 2. The van der Waals surface area contributed by atoms with Gasteiger partial charge < -0.3 is 15.5 Å². The standard InChI is InChI=1S/C13H25N3O/c1-3-11-4-6-16(7-5-11)13(17)12-9-14-10(2)8-15-12/h10-12,14-15H,3-9H2,1-2H3. The van der Waals surface area contributed by atoms with E-state index in [-0.39, 0.29) is 6.04 Å².